The molecule has 0 aliphatic carbocycles. The van der Waals surface area contributed by atoms with Gasteiger partial charge in [-0.25, -0.2) is 0 Å². The van der Waals surface area contributed by atoms with E-state index in [1.807, 2.05) is 24.3 Å². The van der Waals surface area contributed by atoms with E-state index in [2.05, 4.69) is 32.7 Å². The van der Waals surface area contributed by atoms with Gasteiger partial charge in [0.15, 0.2) is 6.19 Å². The van der Waals surface area contributed by atoms with Crippen molar-refractivity contribution in [3.05, 3.63) is 69.2 Å². The molecule has 0 bridgehead atoms. The van der Waals surface area contributed by atoms with E-state index in [1.165, 1.54) is 6.34 Å². The minimum absolute atomic E-state index is 0.504. The SMILES string of the molecule is CNC#N.NC=NCCc1cc(Nc2ccc(Cl)c(Cl)c2)cc2c1[nH]c1ccc(Cl)cc12. The van der Waals surface area contributed by atoms with Crippen molar-refractivity contribution in [2.24, 2.45) is 10.7 Å². The highest BCUT2D eigenvalue weighted by atomic mass is 35.5. The first-order chi connectivity index (χ1) is 15.5. The number of benzene rings is 3. The van der Waals surface area contributed by atoms with Crippen LogP contribution in [-0.2, 0) is 6.42 Å². The van der Waals surface area contributed by atoms with Crippen LogP contribution in [0.3, 0.4) is 0 Å². The molecule has 6 nitrogen and oxygen atoms in total. The number of H-pyrrole nitrogens is 1. The Kier molecular flexibility index (Phi) is 8.07. The predicted octanol–water partition coefficient (Wildman–Crippen LogP) is 6.24. The lowest BCUT2D eigenvalue weighted by Gasteiger charge is -2.11. The molecule has 4 aromatic rings. The number of nitrogens with one attached hydrogen (secondary N) is 3. The molecule has 0 spiro atoms. The summed E-state index contributed by atoms with van der Waals surface area (Å²) in [5.41, 5.74) is 10.4. The zero-order valence-corrected chi connectivity index (χ0v) is 19.5. The molecule has 0 fully saturated rings. The van der Waals surface area contributed by atoms with Crippen LogP contribution in [-0.4, -0.2) is 24.9 Å². The Hall–Kier alpha value is -3.11. The highest BCUT2D eigenvalue weighted by Gasteiger charge is 2.11. The maximum absolute atomic E-state index is 7.51. The van der Waals surface area contributed by atoms with Crippen LogP contribution in [0.4, 0.5) is 11.4 Å². The van der Waals surface area contributed by atoms with Gasteiger partial charge in [0, 0.05) is 51.8 Å². The number of rotatable bonds is 5. The molecule has 9 heteroatoms. The summed E-state index contributed by atoms with van der Waals surface area (Å²) < 4.78 is 0. The Labute approximate surface area is 201 Å². The minimum Gasteiger partial charge on any atom is -0.390 e. The molecule has 3 aromatic carbocycles. The number of halogens is 3. The van der Waals surface area contributed by atoms with Gasteiger partial charge in [-0.2, -0.15) is 5.26 Å². The molecule has 0 saturated carbocycles. The Balaban J connectivity index is 0.000000668. The zero-order chi connectivity index (χ0) is 23.1. The van der Waals surface area contributed by atoms with Crippen LogP contribution in [0.25, 0.3) is 21.8 Å². The molecule has 4 rings (SSSR count). The largest absolute Gasteiger partial charge is 0.390 e. The summed E-state index contributed by atoms with van der Waals surface area (Å²) >= 11 is 18.4. The molecule has 0 aliphatic rings. The quantitative estimate of drug-likeness (QED) is 0.116. The Morgan fingerprint density at radius 3 is 2.50 bits per heavy atom. The second kappa shape index (κ2) is 11.0. The first-order valence-electron chi connectivity index (χ1n) is 9.68. The average Bonchev–Trinajstić information content (AvgIpc) is 3.14. The normalized spacial score (nSPS) is 10.7. The van der Waals surface area contributed by atoms with Gasteiger partial charge in [0.1, 0.15) is 0 Å². The summed E-state index contributed by atoms with van der Waals surface area (Å²) in [5, 5.41) is 17.1. The lowest BCUT2D eigenvalue weighted by Crippen LogP contribution is -1.97. The third kappa shape index (κ3) is 5.57. The van der Waals surface area contributed by atoms with Gasteiger partial charge in [-0.15, -0.1) is 0 Å². The Bertz CT molecular complexity index is 1310. The smallest absolute Gasteiger partial charge is 0.176 e. The monoisotopic (exact) mass is 486 g/mol. The van der Waals surface area contributed by atoms with Gasteiger partial charge in [-0.3, -0.25) is 4.99 Å². The maximum atomic E-state index is 7.51. The van der Waals surface area contributed by atoms with Crippen molar-refractivity contribution in [2.75, 3.05) is 18.9 Å². The molecular formula is C23H21Cl3N6. The fourth-order valence-corrected chi connectivity index (χ4v) is 3.78. The van der Waals surface area contributed by atoms with Crippen LogP contribution in [0.5, 0.6) is 0 Å². The van der Waals surface area contributed by atoms with E-state index < -0.39 is 0 Å². The van der Waals surface area contributed by atoms with Gasteiger partial charge in [0.05, 0.1) is 16.4 Å². The molecule has 0 aliphatic heterocycles. The highest BCUT2D eigenvalue weighted by Crippen LogP contribution is 2.34. The average molecular weight is 488 g/mol. The molecule has 1 heterocycles. The number of anilines is 2. The summed E-state index contributed by atoms with van der Waals surface area (Å²) in [7, 11) is 1.57. The number of hydrogen-bond acceptors (Lipinski definition) is 4. The number of hydrogen-bond donors (Lipinski definition) is 4. The molecule has 0 radical (unpaired) electrons. The lowest BCUT2D eigenvalue weighted by atomic mass is 10.0. The van der Waals surface area contributed by atoms with Gasteiger partial charge < -0.3 is 21.4 Å². The van der Waals surface area contributed by atoms with E-state index in [0.717, 1.165) is 45.2 Å². The van der Waals surface area contributed by atoms with Crippen LogP contribution in [0.15, 0.2) is 53.5 Å². The summed E-state index contributed by atoms with van der Waals surface area (Å²) in [6.07, 6.45) is 3.77. The fourth-order valence-electron chi connectivity index (χ4n) is 3.31. The number of nitrogens with two attached hydrogens (primary N) is 1. The summed E-state index contributed by atoms with van der Waals surface area (Å²) in [5.74, 6) is 0. The van der Waals surface area contributed by atoms with E-state index >= 15 is 0 Å². The maximum Gasteiger partial charge on any atom is 0.176 e. The van der Waals surface area contributed by atoms with Gasteiger partial charge in [0.2, 0.25) is 0 Å². The number of aromatic amines is 1. The second-order valence-electron chi connectivity index (χ2n) is 6.79. The van der Waals surface area contributed by atoms with Crippen LogP contribution >= 0.6 is 34.8 Å². The number of aliphatic imine (C=N–C) groups is 1. The first-order valence-corrected chi connectivity index (χ1v) is 10.8. The summed E-state index contributed by atoms with van der Waals surface area (Å²) in [6.45, 7) is 0.609. The summed E-state index contributed by atoms with van der Waals surface area (Å²) in [4.78, 5) is 7.64. The summed E-state index contributed by atoms with van der Waals surface area (Å²) in [6, 6.07) is 15.5. The number of aromatic nitrogens is 1. The number of nitriles is 1. The molecule has 0 atom stereocenters. The molecule has 164 valence electrons. The standard InChI is InChI=1S/C21H17Cl3N4.C2H4N2/c22-13-1-4-20-16(8-13)17-9-15(27-14-2-3-18(23)19(24)10-14)7-12(21(17)28-20)5-6-26-11-25;1-4-2-3/h1-4,7-11,27-28H,5-6H2,(H2,25,26);4H,1H3. The molecule has 32 heavy (non-hydrogen) atoms. The first kappa shape index (κ1) is 23.6. The van der Waals surface area contributed by atoms with Gasteiger partial charge in [-0.05, 0) is 60.5 Å². The number of nitrogens with zero attached hydrogens (tertiary/aromatic N) is 2. The van der Waals surface area contributed by atoms with E-state index in [-0.39, 0.29) is 0 Å². The zero-order valence-electron chi connectivity index (χ0n) is 17.2. The van der Waals surface area contributed by atoms with Crippen molar-refractivity contribution in [1.82, 2.24) is 10.3 Å². The van der Waals surface area contributed by atoms with Gasteiger partial charge in [-0.1, -0.05) is 34.8 Å². The van der Waals surface area contributed by atoms with E-state index in [4.69, 9.17) is 45.8 Å². The van der Waals surface area contributed by atoms with Crippen molar-refractivity contribution < 1.29 is 0 Å². The van der Waals surface area contributed by atoms with Crippen LogP contribution in [0.1, 0.15) is 5.56 Å². The molecule has 0 amide bonds. The Morgan fingerprint density at radius 1 is 1.03 bits per heavy atom. The van der Waals surface area contributed by atoms with Crippen molar-refractivity contribution >= 4 is 74.3 Å². The van der Waals surface area contributed by atoms with Crippen molar-refractivity contribution in [3.63, 3.8) is 0 Å². The van der Waals surface area contributed by atoms with Crippen molar-refractivity contribution in [2.45, 2.75) is 6.42 Å². The van der Waals surface area contributed by atoms with E-state index in [0.29, 0.717) is 21.6 Å². The third-order valence-electron chi connectivity index (χ3n) is 4.69. The predicted molar refractivity (Wildman–Crippen MR) is 136 cm³/mol. The molecule has 0 saturated heterocycles. The minimum atomic E-state index is 0.504. The van der Waals surface area contributed by atoms with Gasteiger partial charge in [0.25, 0.3) is 0 Å². The molecule has 5 N–H and O–H groups in total. The highest BCUT2D eigenvalue weighted by molar-refractivity contribution is 6.42. The van der Waals surface area contributed by atoms with E-state index in [1.54, 1.807) is 25.4 Å². The molecule has 1 aromatic heterocycles. The third-order valence-corrected chi connectivity index (χ3v) is 5.66. The van der Waals surface area contributed by atoms with Crippen molar-refractivity contribution in [1.29, 1.82) is 5.26 Å². The van der Waals surface area contributed by atoms with Gasteiger partial charge >= 0.3 is 0 Å². The molecular weight excluding hydrogens is 467 g/mol. The van der Waals surface area contributed by atoms with Crippen LogP contribution in [0.2, 0.25) is 15.1 Å². The molecule has 0 unspecified atom stereocenters. The Morgan fingerprint density at radius 2 is 1.81 bits per heavy atom. The van der Waals surface area contributed by atoms with Crippen molar-refractivity contribution in [3.8, 4) is 6.19 Å². The second-order valence-corrected chi connectivity index (χ2v) is 8.04. The van der Waals surface area contributed by atoms with E-state index in [9.17, 15) is 0 Å². The fraction of sp³-hybridized carbons (Fsp3) is 0.130. The lowest BCUT2D eigenvalue weighted by molar-refractivity contribution is 0.977. The number of fused-ring (bicyclic) bond motifs is 3. The van der Waals surface area contributed by atoms with Crippen LogP contribution in [0, 0.1) is 11.5 Å². The van der Waals surface area contributed by atoms with Crippen LogP contribution < -0.4 is 16.4 Å². The topological polar surface area (TPSA) is 102 Å².